The Hall–Kier alpha value is -1.75. The van der Waals surface area contributed by atoms with E-state index in [4.69, 9.17) is 15.2 Å². The fourth-order valence-corrected chi connectivity index (χ4v) is 1.86. The van der Waals surface area contributed by atoms with Gasteiger partial charge in [0.15, 0.2) is 11.5 Å². The van der Waals surface area contributed by atoms with E-state index in [2.05, 4.69) is 19.2 Å². The van der Waals surface area contributed by atoms with Crippen LogP contribution in [0.5, 0.6) is 11.5 Å². The second-order valence-corrected chi connectivity index (χ2v) is 5.43. The van der Waals surface area contributed by atoms with Gasteiger partial charge in [-0.05, 0) is 37.0 Å². The molecule has 0 aromatic heterocycles. The predicted molar refractivity (Wildman–Crippen MR) is 83.6 cm³/mol. The summed E-state index contributed by atoms with van der Waals surface area (Å²) in [6, 6.07) is 5.56. The first-order valence-corrected chi connectivity index (χ1v) is 7.28. The Bertz CT molecular complexity index is 461. The summed E-state index contributed by atoms with van der Waals surface area (Å²) in [6.45, 7) is 6.86. The highest BCUT2D eigenvalue weighted by molar-refractivity contribution is 5.78. The molecular formula is C16H26N2O3. The molecule has 0 radical (unpaired) electrons. The van der Waals surface area contributed by atoms with Gasteiger partial charge >= 0.3 is 0 Å². The van der Waals surface area contributed by atoms with E-state index in [9.17, 15) is 4.79 Å². The largest absolute Gasteiger partial charge is 0.493 e. The van der Waals surface area contributed by atoms with E-state index in [0.717, 1.165) is 17.7 Å². The number of nitrogens with two attached hydrogens (primary N) is 1. The Balaban J connectivity index is 2.75. The van der Waals surface area contributed by atoms with Gasteiger partial charge in [-0.15, -0.1) is 0 Å². The molecule has 1 unspecified atom stereocenters. The molecule has 21 heavy (non-hydrogen) atoms. The number of hydrogen-bond donors (Lipinski definition) is 2. The Morgan fingerprint density at radius 3 is 2.57 bits per heavy atom. The van der Waals surface area contributed by atoms with E-state index in [-0.39, 0.29) is 18.5 Å². The van der Waals surface area contributed by atoms with Crippen LogP contribution in [-0.2, 0) is 4.79 Å². The van der Waals surface area contributed by atoms with Crippen LogP contribution in [0.1, 0.15) is 38.8 Å². The molecule has 0 saturated heterocycles. The van der Waals surface area contributed by atoms with Gasteiger partial charge in [0, 0.05) is 0 Å². The molecule has 0 fully saturated rings. The van der Waals surface area contributed by atoms with E-state index >= 15 is 0 Å². The summed E-state index contributed by atoms with van der Waals surface area (Å²) in [6.07, 6.45) is 0.994. The third-order valence-electron chi connectivity index (χ3n) is 3.20. The van der Waals surface area contributed by atoms with Crippen molar-refractivity contribution in [2.75, 3.05) is 20.3 Å². The minimum Gasteiger partial charge on any atom is -0.493 e. The number of nitrogens with one attached hydrogen (secondary N) is 1. The maximum Gasteiger partial charge on any atom is 0.234 e. The van der Waals surface area contributed by atoms with E-state index in [1.807, 2.05) is 25.1 Å². The van der Waals surface area contributed by atoms with Crippen LogP contribution >= 0.6 is 0 Å². The molecule has 0 heterocycles. The van der Waals surface area contributed by atoms with Gasteiger partial charge in [0.25, 0.3) is 0 Å². The van der Waals surface area contributed by atoms with Crippen LogP contribution in [0.3, 0.4) is 0 Å². The van der Waals surface area contributed by atoms with E-state index in [0.29, 0.717) is 18.3 Å². The highest BCUT2D eigenvalue weighted by Crippen LogP contribution is 2.30. The molecule has 0 saturated carbocycles. The summed E-state index contributed by atoms with van der Waals surface area (Å²) < 4.78 is 11.1. The predicted octanol–water partition coefficient (Wildman–Crippen LogP) is 2.26. The third kappa shape index (κ3) is 5.63. The standard InChI is InChI=1S/C16H26N2O3/c1-11(2)7-8-21-14-6-5-13(9-15(14)20-4)12(3)18-16(19)10-17/h5-6,9,11-12H,7-8,10,17H2,1-4H3,(H,18,19). The van der Waals surface area contributed by atoms with Crippen molar-refractivity contribution < 1.29 is 14.3 Å². The third-order valence-corrected chi connectivity index (χ3v) is 3.20. The number of methoxy groups -OCH3 is 1. The molecule has 0 spiro atoms. The maximum atomic E-state index is 11.3. The molecule has 1 aromatic rings. The first-order chi connectivity index (χ1) is 9.97. The van der Waals surface area contributed by atoms with Crippen LogP contribution in [0.4, 0.5) is 0 Å². The van der Waals surface area contributed by atoms with Gasteiger partial charge < -0.3 is 20.5 Å². The molecule has 1 atom stereocenters. The number of ether oxygens (including phenoxy) is 2. The number of amides is 1. The van der Waals surface area contributed by atoms with Gasteiger partial charge in [-0.1, -0.05) is 19.9 Å². The lowest BCUT2D eigenvalue weighted by Gasteiger charge is -2.17. The smallest absolute Gasteiger partial charge is 0.234 e. The minimum absolute atomic E-state index is 0.0160. The molecule has 3 N–H and O–H groups in total. The molecule has 0 aliphatic heterocycles. The summed E-state index contributed by atoms with van der Waals surface area (Å²) in [4.78, 5) is 11.3. The van der Waals surface area contributed by atoms with E-state index < -0.39 is 0 Å². The van der Waals surface area contributed by atoms with E-state index in [1.165, 1.54) is 0 Å². The Morgan fingerprint density at radius 1 is 1.29 bits per heavy atom. The fourth-order valence-electron chi connectivity index (χ4n) is 1.86. The van der Waals surface area contributed by atoms with Crippen molar-refractivity contribution in [3.8, 4) is 11.5 Å². The van der Waals surface area contributed by atoms with Gasteiger partial charge in [0.05, 0.1) is 26.3 Å². The molecular weight excluding hydrogens is 268 g/mol. The maximum absolute atomic E-state index is 11.3. The first-order valence-electron chi connectivity index (χ1n) is 7.28. The number of hydrogen-bond acceptors (Lipinski definition) is 4. The van der Waals surface area contributed by atoms with Crippen molar-refractivity contribution in [3.63, 3.8) is 0 Å². The molecule has 0 aliphatic carbocycles. The lowest BCUT2D eigenvalue weighted by molar-refractivity contribution is -0.120. The second-order valence-electron chi connectivity index (χ2n) is 5.43. The number of carbonyl (C=O) groups is 1. The van der Waals surface area contributed by atoms with Gasteiger partial charge in [-0.3, -0.25) is 4.79 Å². The molecule has 0 bridgehead atoms. The molecule has 1 amide bonds. The zero-order valence-electron chi connectivity index (χ0n) is 13.3. The Kier molecular flexibility index (Phi) is 7.02. The monoisotopic (exact) mass is 294 g/mol. The molecule has 1 rings (SSSR count). The summed E-state index contributed by atoms with van der Waals surface area (Å²) in [7, 11) is 1.61. The van der Waals surface area contributed by atoms with Crippen molar-refractivity contribution in [2.24, 2.45) is 11.7 Å². The normalized spacial score (nSPS) is 12.1. The van der Waals surface area contributed by atoms with Crippen LogP contribution in [-0.4, -0.2) is 26.2 Å². The molecule has 118 valence electrons. The van der Waals surface area contributed by atoms with Crippen molar-refractivity contribution in [1.29, 1.82) is 0 Å². The highest BCUT2D eigenvalue weighted by Gasteiger charge is 2.12. The van der Waals surface area contributed by atoms with Crippen LogP contribution in [0, 0.1) is 5.92 Å². The van der Waals surface area contributed by atoms with Crippen molar-refractivity contribution in [2.45, 2.75) is 33.2 Å². The van der Waals surface area contributed by atoms with Gasteiger partial charge in [0.1, 0.15) is 0 Å². The minimum atomic E-state index is -0.182. The van der Waals surface area contributed by atoms with Crippen molar-refractivity contribution >= 4 is 5.91 Å². The van der Waals surface area contributed by atoms with Crippen LogP contribution < -0.4 is 20.5 Å². The second kappa shape index (κ2) is 8.52. The van der Waals surface area contributed by atoms with Crippen LogP contribution in [0.25, 0.3) is 0 Å². The average Bonchev–Trinajstić information content (AvgIpc) is 2.46. The van der Waals surface area contributed by atoms with Crippen molar-refractivity contribution in [3.05, 3.63) is 23.8 Å². The lowest BCUT2D eigenvalue weighted by Crippen LogP contribution is -2.32. The Labute approximate surface area is 126 Å². The topological polar surface area (TPSA) is 73.6 Å². The van der Waals surface area contributed by atoms with Crippen molar-refractivity contribution in [1.82, 2.24) is 5.32 Å². The molecule has 1 aromatic carbocycles. The average molecular weight is 294 g/mol. The zero-order valence-corrected chi connectivity index (χ0v) is 13.3. The Morgan fingerprint density at radius 2 is 2.00 bits per heavy atom. The summed E-state index contributed by atoms with van der Waals surface area (Å²) in [5, 5.41) is 2.81. The summed E-state index contributed by atoms with van der Waals surface area (Å²) >= 11 is 0. The zero-order chi connectivity index (χ0) is 15.8. The SMILES string of the molecule is COc1cc(C(C)NC(=O)CN)ccc1OCCC(C)C. The first kappa shape index (κ1) is 17.3. The molecule has 0 aliphatic rings. The van der Waals surface area contributed by atoms with Gasteiger partial charge in [-0.2, -0.15) is 0 Å². The number of carbonyl (C=O) groups excluding carboxylic acids is 1. The fraction of sp³-hybridized carbons (Fsp3) is 0.562. The van der Waals surface area contributed by atoms with Gasteiger partial charge in [-0.25, -0.2) is 0 Å². The molecule has 5 heteroatoms. The highest BCUT2D eigenvalue weighted by atomic mass is 16.5. The summed E-state index contributed by atoms with van der Waals surface area (Å²) in [5.41, 5.74) is 6.25. The quantitative estimate of drug-likeness (QED) is 0.771. The summed E-state index contributed by atoms with van der Waals surface area (Å²) in [5.74, 6) is 1.81. The van der Waals surface area contributed by atoms with Gasteiger partial charge in [0.2, 0.25) is 5.91 Å². The number of rotatable bonds is 8. The molecule has 5 nitrogen and oxygen atoms in total. The number of benzene rings is 1. The van der Waals surface area contributed by atoms with Crippen LogP contribution in [0.2, 0.25) is 0 Å². The van der Waals surface area contributed by atoms with Crippen LogP contribution in [0.15, 0.2) is 18.2 Å². The van der Waals surface area contributed by atoms with E-state index in [1.54, 1.807) is 7.11 Å². The lowest BCUT2D eigenvalue weighted by atomic mass is 10.1.